The van der Waals surface area contributed by atoms with Crippen LogP contribution in [-0.2, 0) is 10.8 Å². The minimum absolute atomic E-state index is 0.0770. The fourth-order valence-corrected chi connectivity index (χ4v) is 1.91. The molecule has 0 saturated heterocycles. The predicted octanol–water partition coefficient (Wildman–Crippen LogP) is 0.859. The van der Waals surface area contributed by atoms with Crippen LogP contribution in [0.1, 0.15) is 23.7 Å². The second-order valence-corrected chi connectivity index (χ2v) is 5.85. The van der Waals surface area contributed by atoms with Gasteiger partial charge in [-0.3, -0.25) is 14.8 Å². The Labute approximate surface area is 110 Å². The van der Waals surface area contributed by atoms with E-state index in [2.05, 4.69) is 10.7 Å². The molecular formula is C12H19N3O2S. The molecular weight excluding hydrogens is 250 g/mol. The standard InChI is InChI=1S/C12H19N3O2S/c1-9(18(2)17)7-8-14-12(16)10-5-3-4-6-11(10)15-13/h3-6,9,15H,7-8,13H2,1-2H3,(H,14,16). The maximum atomic E-state index is 11.9. The topological polar surface area (TPSA) is 84.2 Å². The molecule has 5 nitrogen and oxygen atoms in total. The first-order valence-corrected chi connectivity index (χ1v) is 7.34. The summed E-state index contributed by atoms with van der Waals surface area (Å²) in [6.07, 6.45) is 2.35. The normalized spacial score (nSPS) is 13.7. The van der Waals surface area contributed by atoms with Gasteiger partial charge in [-0.25, -0.2) is 0 Å². The molecule has 0 fully saturated rings. The summed E-state index contributed by atoms with van der Waals surface area (Å²) in [5.74, 6) is 5.15. The van der Waals surface area contributed by atoms with Gasteiger partial charge in [0, 0.05) is 28.9 Å². The van der Waals surface area contributed by atoms with E-state index in [-0.39, 0.29) is 11.2 Å². The first kappa shape index (κ1) is 14.7. The van der Waals surface area contributed by atoms with E-state index < -0.39 is 10.8 Å². The van der Waals surface area contributed by atoms with Crippen molar-refractivity contribution in [1.82, 2.24) is 5.32 Å². The highest BCUT2D eigenvalue weighted by molar-refractivity contribution is 7.84. The molecule has 2 atom stereocenters. The summed E-state index contributed by atoms with van der Waals surface area (Å²) in [6.45, 7) is 2.40. The van der Waals surface area contributed by atoms with Crippen LogP contribution in [0, 0.1) is 0 Å². The zero-order chi connectivity index (χ0) is 13.5. The van der Waals surface area contributed by atoms with Crippen molar-refractivity contribution in [2.75, 3.05) is 18.2 Å². The molecule has 0 aliphatic rings. The number of benzene rings is 1. The molecule has 100 valence electrons. The third kappa shape index (κ3) is 4.12. The fraction of sp³-hybridized carbons (Fsp3) is 0.417. The lowest BCUT2D eigenvalue weighted by Crippen LogP contribution is -2.28. The highest BCUT2D eigenvalue weighted by atomic mass is 32.2. The van der Waals surface area contributed by atoms with Gasteiger partial charge < -0.3 is 10.7 Å². The van der Waals surface area contributed by atoms with Gasteiger partial charge in [0.15, 0.2) is 0 Å². The van der Waals surface area contributed by atoms with Crippen molar-refractivity contribution in [3.05, 3.63) is 29.8 Å². The molecule has 4 N–H and O–H groups in total. The Morgan fingerprint density at radius 3 is 2.72 bits per heavy atom. The van der Waals surface area contributed by atoms with E-state index >= 15 is 0 Å². The molecule has 0 aromatic heterocycles. The fourth-order valence-electron chi connectivity index (χ4n) is 1.46. The predicted molar refractivity (Wildman–Crippen MR) is 74.7 cm³/mol. The highest BCUT2D eigenvalue weighted by Gasteiger charge is 2.11. The Kier molecular flexibility index (Phi) is 5.80. The van der Waals surface area contributed by atoms with Gasteiger partial charge in [-0.2, -0.15) is 0 Å². The van der Waals surface area contributed by atoms with Crippen LogP contribution in [0.25, 0.3) is 0 Å². The lowest BCUT2D eigenvalue weighted by molar-refractivity contribution is 0.0954. The second kappa shape index (κ2) is 7.13. The minimum Gasteiger partial charge on any atom is -0.352 e. The molecule has 1 aromatic carbocycles. The Balaban J connectivity index is 2.53. The Hall–Kier alpha value is -1.40. The largest absolute Gasteiger partial charge is 0.352 e. The maximum absolute atomic E-state index is 11.9. The number of nitrogens with one attached hydrogen (secondary N) is 2. The number of hydrazine groups is 1. The van der Waals surface area contributed by atoms with Gasteiger partial charge in [-0.15, -0.1) is 0 Å². The number of hydrogen-bond acceptors (Lipinski definition) is 4. The summed E-state index contributed by atoms with van der Waals surface area (Å²) in [6, 6.07) is 7.01. The number of para-hydroxylation sites is 1. The molecule has 1 rings (SSSR count). The van der Waals surface area contributed by atoms with Gasteiger partial charge in [0.1, 0.15) is 0 Å². The van der Waals surface area contributed by atoms with E-state index in [0.717, 1.165) is 0 Å². The molecule has 6 heteroatoms. The average molecular weight is 269 g/mol. The maximum Gasteiger partial charge on any atom is 0.253 e. The summed E-state index contributed by atoms with van der Waals surface area (Å²) in [4.78, 5) is 11.9. The highest BCUT2D eigenvalue weighted by Crippen LogP contribution is 2.13. The lowest BCUT2D eigenvalue weighted by atomic mass is 10.1. The molecule has 0 bridgehead atoms. The number of nitrogens with two attached hydrogens (primary N) is 1. The van der Waals surface area contributed by atoms with Gasteiger partial charge in [0.2, 0.25) is 0 Å². The summed E-state index contributed by atoms with van der Waals surface area (Å²) in [7, 11) is -0.859. The van der Waals surface area contributed by atoms with E-state index in [9.17, 15) is 9.00 Å². The van der Waals surface area contributed by atoms with Gasteiger partial charge in [-0.05, 0) is 18.6 Å². The third-order valence-corrected chi connectivity index (χ3v) is 4.10. The van der Waals surface area contributed by atoms with Crippen LogP contribution in [0.4, 0.5) is 5.69 Å². The minimum atomic E-state index is -0.859. The summed E-state index contributed by atoms with van der Waals surface area (Å²) < 4.78 is 11.2. The van der Waals surface area contributed by atoms with E-state index in [1.807, 2.05) is 6.92 Å². The molecule has 0 spiro atoms. The quantitative estimate of drug-likeness (QED) is 0.528. The van der Waals surface area contributed by atoms with Gasteiger partial charge in [-0.1, -0.05) is 19.1 Å². The second-order valence-electron chi connectivity index (χ2n) is 4.04. The van der Waals surface area contributed by atoms with Crippen LogP contribution in [-0.4, -0.2) is 28.2 Å². The summed E-state index contributed by atoms with van der Waals surface area (Å²) >= 11 is 0. The molecule has 0 radical (unpaired) electrons. The molecule has 0 aliphatic heterocycles. The van der Waals surface area contributed by atoms with Crippen molar-refractivity contribution >= 4 is 22.4 Å². The monoisotopic (exact) mass is 269 g/mol. The SMILES string of the molecule is CC(CCNC(=O)c1ccccc1NN)S(C)=O. The van der Waals surface area contributed by atoms with E-state index in [4.69, 9.17) is 5.84 Å². The zero-order valence-corrected chi connectivity index (χ0v) is 11.4. The van der Waals surface area contributed by atoms with E-state index in [1.165, 1.54) is 0 Å². The van der Waals surface area contributed by atoms with E-state index in [0.29, 0.717) is 24.2 Å². The first-order valence-electron chi connectivity index (χ1n) is 5.72. The molecule has 0 heterocycles. The number of rotatable bonds is 6. The van der Waals surface area contributed by atoms with Crippen molar-refractivity contribution in [3.63, 3.8) is 0 Å². The van der Waals surface area contributed by atoms with Crippen LogP contribution >= 0.6 is 0 Å². The van der Waals surface area contributed by atoms with E-state index in [1.54, 1.807) is 30.5 Å². The van der Waals surface area contributed by atoms with Crippen molar-refractivity contribution < 1.29 is 9.00 Å². The molecule has 18 heavy (non-hydrogen) atoms. The number of hydrogen-bond donors (Lipinski definition) is 3. The van der Waals surface area contributed by atoms with Crippen molar-refractivity contribution in [3.8, 4) is 0 Å². The number of anilines is 1. The van der Waals surface area contributed by atoms with Crippen LogP contribution in [0.15, 0.2) is 24.3 Å². The smallest absolute Gasteiger partial charge is 0.253 e. The average Bonchev–Trinajstić information content (AvgIpc) is 2.38. The summed E-state index contributed by atoms with van der Waals surface area (Å²) in [5.41, 5.74) is 3.57. The van der Waals surface area contributed by atoms with Crippen LogP contribution in [0.2, 0.25) is 0 Å². The molecule has 0 aliphatic carbocycles. The van der Waals surface area contributed by atoms with Crippen LogP contribution < -0.4 is 16.6 Å². The number of amides is 1. The van der Waals surface area contributed by atoms with Crippen LogP contribution in [0.5, 0.6) is 0 Å². The Morgan fingerprint density at radius 1 is 1.44 bits per heavy atom. The lowest BCUT2D eigenvalue weighted by Gasteiger charge is -2.11. The van der Waals surface area contributed by atoms with Gasteiger partial charge in [0.05, 0.1) is 11.3 Å². The third-order valence-electron chi connectivity index (χ3n) is 2.73. The van der Waals surface area contributed by atoms with Crippen LogP contribution in [0.3, 0.4) is 0 Å². The number of carbonyl (C=O) groups is 1. The molecule has 0 saturated carbocycles. The van der Waals surface area contributed by atoms with Gasteiger partial charge >= 0.3 is 0 Å². The number of nitrogen functional groups attached to an aromatic ring is 1. The Morgan fingerprint density at radius 2 is 2.11 bits per heavy atom. The first-order chi connectivity index (χ1) is 8.56. The van der Waals surface area contributed by atoms with Crippen molar-refractivity contribution in [2.45, 2.75) is 18.6 Å². The Bertz CT molecular complexity index is 437. The van der Waals surface area contributed by atoms with Crippen molar-refractivity contribution in [1.29, 1.82) is 0 Å². The summed E-state index contributed by atoms with van der Waals surface area (Å²) in [5, 5.41) is 2.87. The zero-order valence-electron chi connectivity index (χ0n) is 10.6. The number of carbonyl (C=O) groups excluding carboxylic acids is 1. The molecule has 2 unspecified atom stereocenters. The van der Waals surface area contributed by atoms with Gasteiger partial charge in [0.25, 0.3) is 5.91 Å². The molecule has 1 aromatic rings. The van der Waals surface area contributed by atoms with Crippen molar-refractivity contribution in [2.24, 2.45) is 5.84 Å². The molecule has 1 amide bonds.